The summed E-state index contributed by atoms with van der Waals surface area (Å²) in [6.45, 7) is 1.92. The molecule has 0 spiro atoms. The lowest BCUT2D eigenvalue weighted by atomic mass is 10.3. The zero-order valence-corrected chi connectivity index (χ0v) is 21.5. The van der Waals surface area contributed by atoms with Gasteiger partial charge in [0.2, 0.25) is 0 Å². The van der Waals surface area contributed by atoms with Gasteiger partial charge in [0.25, 0.3) is 0 Å². The molecule has 0 fully saturated rings. The summed E-state index contributed by atoms with van der Waals surface area (Å²) in [6.07, 6.45) is 0. The number of hydrogen-bond donors (Lipinski definition) is 0. The van der Waals surface area contributed by atoms with Crippen molar-refractivity contribution < 1.29 is 18.1 Å². The molecule has 5 rings (SSSR count). The van der Waals surface area contributed by atoms with E-state index in [1.54, 1.807) is 0 Å². The molecule has 0 aromatic heterocycles. The molecule has 0 saturated heterocycles. The van der Waals surface area contributed by atoms with Crippen LogP contribution in [-0.4, -0.2) is 6.66 Å². The van der Waals surface area contributed by atoms with Gasteiger partial charge in [-0.25, -0.2) is 0 Å². The lowest BCUT2D eigenvalue weighted by Gasteiger charge is -2.25. The number of rotatable bonds is 8. The fourth-order valence-corrected chi connectivity index (χ4v) is 11.2. The van der Waals surface area contributed by atoms with E-state index in [9.17, 15) is 0 Å². The van der Waals surface area contributed by atoms with Crippen molar-refractivity contribution in [2.45, 2.75) is 0 Å². The fourth-order valence-electron chi connectivity index (χ4n) is 3.18. The van der Waals surface area contributed by atoms with Gasteiger partial charge in [0.1, 0.15) is 29.7 Å². The normalized spacial score (nSPS) is 16.5. The highest BCUT2D eigenvalue weighted by Crippen LogP contribution is 2.72. The molecular weight excluding hydrogens is 499 g/mol. The smallest absolute Gasteiger partial charge is 0.411 e. The summed E-state index contributed by atoms with van der Waals surface area (Å²) in [4.78, 5) is 0. The maximum absolute atomic E-state index is 6.43. The van der Waals surface area contributed by atoms with Crippen molar-refractivity contribution in [3.05, 3.63) is 121 Å². The average Bonchev–Trinajstić information content (AvgIpc) is 2.86. The van der Waals surface area contributed by atoms with Crippen molar-refractivity contribution in [1.82, 2.24) is 0 Å². The van der Waals surface area contributed by atoms with E-state index in [-0.39, 0.29) is 0 Å². The van der Waals surface area contributed by atoms with Crippen molar-refractivity contribution in [3.8, 4) is 23.0 Å². The van der Waals surface area contributed by atoms with Crippen LogP contribution in [0.1, 0.15) is 0 Å². The van der Waals surface area contributed by atoms with Gasteiger partial charge in [-0.2, -0.15) is 0 Å². The molecule has 4 aromatic rings. The van der Waals surface area contributed by atoms with Crippen LogP contribution in [0.25, 0.3) is 0 Å². The maximum Gasteiger partial charge on any atom is 0.494 e. The van der Waals surface area contributed by atoms with Crippen LogP contribution >= 0.6 is 23.2 Å². The van der Waals surface area contributed by atoms with Crippen LogP contribution in [0.15, 0.2) is 135 Å². The van der Waals surface area contributed by atoms with Crippen molar-refractivity contribution in [2.24, 2.45) is 13.5 Å². The number of nitrogens with zero attached hydrogens (tertiary/aromatic N) is 3. The molecule has 1 atom stereocenters. The predicted octanol–water partition coefficient (Wildman–Crippen LogP) is 9.42. The Morgan fingerprint density at radius 1 is 0.486 bits per heavy atom. The van der Waals surface area contributed by atoms with E-state index >= 15 is 0 Å². The second-order valence-corrected chi connectivity index (χ2v) is 13.2. The number of para-hydroxylation sites is 4. The van der Waals surface area contributed by atoms with Gasteiger partial charge in [-0.3, -0.25) is 0 Å². The molecular formula is C25H23N3O4P3+. The van der Waals surface area contributed by atoms with Gasteiger partial charge in [0.15, 0.2) is 0 Å². The van der Waals surface area contributed by atoms with Crippen LogP contribution in [0.2, 0.25) is 0 Å². The Morgan fingerprint density at radius 3 is 1.14 bits per heavy atom. The van der Waals surface area contributed by atoms with E-state index < -0.39 is 23.2 Å². The lowest BCUT2D eigenvalue weighted by molar-refractivity contribution is 0.460. The van der Waals surface area contributed by atoms with Gasteiger partial charge in [0.05, 0.1) is 0 Å². The highest BCUT2D eigenvalue weighted by Gasteiger charge is 2.45. The second-order valence-electron chi connectivity index (χ2n) is 7.36. The standard InChI is InChI=1S/C25H23N3O4P3/c1-33-26-34(29-22-14-6-2-7-15-22,30-23-16-8-3-9-17-23)28-35(27-33,31-24-18-10-4-11-19-24)32-25-20-12-5-13-21-25/h2-21H,1H3/q+1. The van der Waals surface area contributed by atoms with Gasteiger partial charge in [-0.05, 0) is 48.5 Å². The molecule has 0 aliphatic carbocycles. The van der Waals surface area contributed by atoms with Crippen LogP contribution in [0.5, 0.6) is 23.0 Å². The molecule has 1 aliphatic heterocycles. The van der Waals surface area contributed by atoms with Crippen LogP contribution in [0, 0.1) is 0 Å². The van der Waals surface area contributed by atoms with E-state index in [4.69, 9.17) is 31.6 Å². The van der Waals surface area contributed by atoms with Crippen LogP contribution in [-0.2, 0) is 0 Å². The monoisotopic (exact) mass is 522 g/mol. The van der Waals surface area contributed by atoms with Gasteiger partial charge in [0, 0.05) is 9.03 Å². The summed E-state index contributed by atoms with van der Waals surface area (Å²) in [5.41, 5.74) is 0. The first kappa shape index (κ1) is 23.4. The van der Waals surface area contributed by atoms with E-state index in [1.807, 2.05) is 128 Å². The minimum absolute atomic E-state index is 0.590. The summed E-state index contributed by atoms with van der Waals surface area (Å²) in [5.74, 6) is 2.36. The van der Waals surface area contributed by atoms with Crippen LogP contribution < -0.4 is 18.1 Å². The third-order valence-corrected chi connectivity index (χ3v) is 12.1. The molecule has 0 amide bonds. The molecule has 4 aromatic carbocycles. The third kappa shape index (κ3) is 6.01. The van der Waals surface area contributed by atoms with Gasteiger partial charge in [-0.15, -0.1) is 0 Å². The van der Waals surface area contributed by atoms with Gasteiger partial charge in [-0.1, -0.05) is 77.3 Å². The molecule has 1 unspecified atom stereocenters. The number of hydrogen-bond acceptors (Lipinski definition) is 7. The van der Waals surface area contributed by atoms with Crippen molar-refractivity contribution in [1.29, 1.82) is 0 Å². The molecule has 0 bridgehead atoms. The first-order chi connectivity index (χ1) is 17.1. The van der Waals surface area contributed by atoms with Crippen LogP contribution in [0.4, 0.5) is 0 Å². The van der Waals surface area contributed by atoms with E-state index in [2.05, 4.69) is 0 Å². The second kappa shape index (κ2) is 10.5. The van der Waals surface area contributed by atoms with Gasteiger partial charge >= 0.3 is 23.2 Å². The molecule has 35 heavy (non-hydrogen) atoms. The van der Waals surface area contributed by atoms with E-state index in [0.29, 0.717) is 23.0 Å². The highest BCUT2D eigenvalue weighted by molar-refractivity contribution is 7.76. The SMILES string of the molecule is C[P+]1=NP(Oc2ccccc2)(Oc2ccccc2)=NP(Oc2ccccc2)(Oc2ccccc2)=N1. The van der Waals surface area contributed by atoms with E-state index in [0.717, 1.165) is 0 Å². The molecule has 10 heteroatoms. The first-order valence-electron chi connectivity index (χ1n) is 10.8. The minimum atomic E-state index is -3.30. The van der Waals surface area contributed by atoms with E-state index in [1.165, 1.54) is 0 Å². The Hall–Kier alpha value is -3.36. The zero-order chi connectivity index (χ0) is 24.0. The Balaban J connectivity index is 1.68. The highest BCUT2D eigenvalue weighted by atomic mass is 31.3. The Bertz CT molecular complexity index is 1240. The molecule has 0 radical (unpaired) electrons. The molecule has 1 heterocycles. The maximum atomic E-state index is 6.43. The average molecular weight is 522 g/mol. The Labute approximate surface area is 205 Å². The topological polar surface area (TPSA) is 74.0 Å². The summed E-state index contributed by atoms with van der Waals surface area (Å²) in [7, 11) is -7.90. The largest absolute Gasteiger partial charge is 0.494 e. The summed E-state index contributed by atoms with van der Waals surface area (Å²) < 4.78 is 40.4. The molecule has 0 saturated carbocycles. The summed E-state index contributed by atoms with van der Waals surface area (Å²) in [5, 5.41) is 0. The minimum Gasteiger partial charge on any atom is -0.411 e. The molecule has 7 nitrogen and oxygen atoms in total. The third-order valence-electron chi connectivity index (χ3n) is 4.58. The van der Waals surface area contributed by atoms with Crippen LogP contribution in [0.3, 0.4) is 0 Å². The lowest BCUT2D eigenvalue weighted by Crippen LogP contribution is -2.06. The van der Waals surface area contributed by atoms with Gasteiger partial charge < -0.3 is 18.1 Å². The Morgan fingerprint density at radius 2 is 0.800 bits per heavy atom. The van der Waals surface area contributed by atoms with Crippen molar-refractivity contribution in [3.63, 3.8) is 0 Å². The zero-order valence-electron chi connectivity index (χ0n) is 18.9. The van der Waals surface area contributed by atoms with Crippen molar-refractivity contribution in [2.75, 3.05) is 6.66 Å². The predicted molar refractivity (Wildman–Crippen MR) is 142 cm³/mol. The van der Waals surface area contributed by atoms with Crippen molar-refractivity contribution >= 4 is 23.2 Å². The molecule has 0 N–H and O–H groups in total. The molecule has 1 aliphatic rings. The first-order valence-corrected chi connectivity index (χ1v) is 15.6. The number of benzene rings is 4. The summed E-state index contributed by atoms with van der Waals surface area (Å²) >= 11 is 0. The fraction of sp³-hybridized carbons (Fsp3) is 0.0400. The quantitative estimate of drug-likeness (QED) is 0.216. The Kier molecular flexibility index (Phi) is 7.01. The summed E-state index contributed by atoms with van der Waals surface area (Å²) in [6, 6.07) is 37.6. The molecule has 176 valence electrons.